The summed E-state index contributed by atoms with van der Waals surface area (Å²) >= 11 is 0. The monoisotopic (exact) mass is 474 g/mol. The number of aliphatic hydroxyl groups is 1. The first-order valence-electron chi connectivity index (χ1n) is 10.5. The molecule has 2 bridgehead atoms. The number of rotatable bonds is 6. The third-order valence-electron chi connectivity index (χ3n) is 5.93. The zero-order valence-electron chi connectivity index (χ0n) is 17.9. The van der Waals surface area contributed by atoms with Crippen LogP contribution in [0.1, 0.15) is 35.4 Å². The van der Waals surface area contributed by atoms with Crippen LogP contribution in [0.15, 0.2) is 41.9 Å². The number of nitrogens with zero attached hydrogens (tertiary/aromatic N) is 2. The zero-order valence-corrected chi connectivity index (χ0v) is 17.9. The summed E-state index contributed by atoms with van der Waals surface area (Å²) in [4.78, 5) is 32.9. The summed E-state index contributed by atoms with van der Waals surface area (Å²) in [6.45, 7) is 1.37. The van der Waals surface area contributed by atoms with Gasteiger partial charge in [-0.15, -0.1) is 8.78 Å². The van der Waals surface area contributed by atoms with Crippen LogP contribution in [0.25, 0.3) is 0 Å². The van der Waals surface area contributed by atoms with Crippen LogP contribution in [-0.2, 0) is 4.79 Å². The molecule has 0 saturated heterocycles. The van der Waals surface area contributed by atoms with Crippen molar-refractivity contribution in [2.75, 3.05) is 6.61 Å². The maximum atomic E-state index is 13.1. The maximum Gasteiger partial charge on any atom is 0.586 e. The molecule has 0 unspecified atom stereocenters. The molecular formula is C22H20F2N4O6. The molecular weight excluding hydrogens is 454 g/mol. The number of benzene rings is 1. The van der Waals surface area contributed by atoms with Gasteiger partial charge in [-0.05, 0) is 37.5 Å². The predicted molar refractivity (Wildman–Crippen MR) is 110 cm³/mol. The van der Waals surface area contributed by atoms with Crippen molar-refractivity contribution in [3.8, 4) is 17.2 Å². The van der Waals surface area contributed by atoms with Crippen LogP contribution in [0.5, 0.6) is 17.2 Å². The fraction of sp³-hybridized carbons (Fsp3) is 0.364. The minimum atomic E-state index is -3.74. The lowest BCUT2D eigenvalue weighted by atomic mass is 9.62. The van der Waals surface area contributed by atoms with E-state index in [-0.39, 0.29) is 36.0 Å². The van der Waals surface area contributed by atoms with Gasteiger partial charge in [-0.2, -0.15) is 0 Å². The third-order valence-corrected chi connectivity index (χ3v) is 5.93. The van der Waals surface area contributed by atoms with Gasteiger partial charge in [-0.25, -0.2) is 4.98 Å². The fourth-order valence-corrected chi connectivity index (χ4v) is 4.20. The molecule has 3 aliphatic carbocycles. The van der Waals surface area contributed by atoms with Gasteiger partial charge < -0.3 is 30.0 Å². The van der Waals surface area contributed by atoms with E-state index in [0.29, 0.717) is 24.2 Å². The molecule has 2 aromatic rings. The number of hydrogen-bond donors (Lipinski definition) is 3. The first kappa shape index (κ1) is 22.0. The van der Waals surface area contributed by atoms with Crippen LogP contribution in [0.3, 0.4) is 0 Å². The van der Waals surface area contributed by atoms with Crippen molar-refractivity contribution in [2.45, 2.75) is 44.1 Å². The minimum absolute atomic E-state index is 0.128. The number of aromatic nitrogens is 2. The van der Waals surface area contributed by atoms with E-state index in [9.17, 15) is 23.5 Å². The smallest absolute Gasteiger partial charge is 0.484 e. The fourth-order valence-electron chi connectivity index (χ4n) is 4.20. The van der Waals surface area contributed by atoms with Gasteiger partial charge in [0.15, 0.2) is 18.1 Å². The van der Waals surface area contributed by atoms with Gasteiger partial charge in [0.1, 0.15) is 11.4 Å². The molecule has 0 radical (unpaired) electrons. The summed E-state index contributed by atoms with van der Waals surface area (Å²) in [7, 11) is 0. The van der Waals surface area contributed by atoms with Gasteiger partial charge >= 0.3 is 6.29 Å². The predicted octanol–water partition coefficient (Wildman–Crippen LogP) is 1.58. The summed E-state index contributed by atoms with van der Waals surface area (Å²) in [5.41, 5.74) is 1.56. The zero-order chi connectivity index (χ0) is 24.1. The van der Waals surface area contributed by atoms with Crippen LogP contribution in [0, 0.1) is 6.92 Å². The van der Waals surface area contributed by atoms with E-state index in [1.165, 1.54) is 30.6 Å². The van der Waals surface area contributed by atoms with E-state index in [1.807, 2.05) is 0 Å². The quantitative estimate of drug-likeness (QED) is 0.575. The number of aryl methyl sites for hydroxylation is 1. The van der Waals surface area contributed by atoms with Crippen LogP contribution in [0.4, 0.5) is 8.78 Å². The second-order valence-electron chi connectivity index (χ2n) is 8.42. The van der Waals surface area contributed by atoms with Gasteiger partial charge in [0.05, 0.1) is 23.5 Å². The molecule has 1 fully saturated rings. The summed E-state index contributed by atoms with van der Waals surface area (Å²) in [6, 6.07) is 3.84. The van der Waals surface area contributed by atoms with Gasteiger partial charge in [0, 0.05) is 24.4 Å². The Bertz CT molecular complexity index is 1190. The minimum Gasteiger partial charge on any atom is -0.484 e. The molecule has 3 N–H and O–H groups in total. The molecule has 6 rings (SSSR count). The highest BCUT2D eigenvalue weighted by Gasteiger charge is 2.52. The Labute approximate surface area is 191 Å². The first-order chi connectivity index (χ1) is 16.1. The molecule has 4 aliphatic rings. The van der Waals surface area contributed by atoms with Gasteiger partial charge in [0.25, 0.3) is 11.8 Å². The SMILES string of the molecule is Cc1cnc(C(=O)NC2=C3CC(NC(=O)COc4ccc5c(c4)OC(F)(F)O5)(C3)[C@@H](O)C2)cn1. The lowest BCUT2D eigenvalue weighted by Gasteiger charge is -2.52. The lowest BCUT2D eigenvalue weighted by molar-refractivity contribution is -0.286. The average Bonchev–Trinajstić information content (AvgIpc) is 3.06. The first-order valence-corrected chi connectivity index (χ1v) is 10.5. The van der Waals surface area contributed by atoms with E-state index in [1.54, 1.807) is 6.92 Å². The van der Waals surface area contributed by atoms with E-state index in [0.717, 1.165) is 5.57 Å². The maximum absolute atomic E-state index is 13.1. The summed E-state index contributed by atoms with van der Waals surface area (Å²) in [6.07, 6.45) is -0.851. The van der Waals surface area contributed by atoms with Crippen molar-refractivity contribution in [3.05, 3.63) is 53.3 Å². The normalized spacial score (nSPS) is 23.7. The summed E-state index contributed by atoms with van der Waals surface area (Å²) in [5, 5.41) is 16.3. The van der Waals surface area contributed by atoms with Crippen molar-refractivity contribution in [1.29, 1.82) is 0 Å². The van der Waals surface area contributed by atoms with E-state index >= 15 is 0 Å². The second-order valence-corrected chi connectivity index (χ2v) is 8.42. The average molecular weight is 474 g/mol. The Hall–Kier alpha value is -3.80. The van der Waals surface area contributed by atoms with Crippen molar-refractivity contribution >= 4 is 11.8 Å². The number of carbonyl (C=O) groups is 2. The molecule has 1 saturated carbocycles. The van der Waals surface area contributed by atoms with Crippen LogP contribution in [0.2, 0.25) is 0 Å². The number of alkyl halides is 2. The number of fused-ring (bicyclic) bond motifs is 3. The van der Waals surface area contributed by atoms with Crippen molar-refractivity contribution in [2.24, 2.45) is 0 Å². The Morgan fingerprint density at radius 2 is 1.97 bits per heavy atom. The Morgan fingerprint density at radius 3 is 2.68 bits per heavy atom. The topological polar surface area (TPSA) is 132 Å². The molecule has 1 atom stereocenters. The Kier molecular flexibility index (Phi) is 5.12. The molecule has 0 spiro atoms. The highest BCUT2D eigenvalue weighted by Crippen LogP contribution is 2.48. The standard InChI is InChI=1S/C22H20F2N4O6/c1-11-8-26-15(9-25-11)20(31)27-14-5-18(29)21(6-12(14)7-21)28-19(30)10-32-13-2-3-16-17(4-13)34-22(23,24)33-16/h2-4,8-9,18,29H,5-7,10H2,1H3,(H,27,31)(H,28,30)/t18-/m0/s1. The lowest BCUT2D eigenvalue weighted by Crippen LogP contribution is -2.65. The highest BCUT2D eigenvalue weighted by atomic mass is 19.3. The molecule has 34 heavy (non-hydrogen) atoms. The second kappa shape index (κ2) is 7.90. The summed E-state index contributed by atoms with van der Waals surface area (Å²) in [5.74, 6) is -1.07. The van der Waals surface area contributed by atoms with Crippen molar-refractivity contribution in [1.82, 2.24) is 20.6 Å². The number of halogens is 2. The molecule has 2 heterocycles. The molecule has 1 aromatic heterocycles. The van der Waals surface area contributed by atoms with Gasteiger partial charge in [0.2, 0.25) is 0 Å². The number of aliphatic hydroxyl groups excluding tert-OH is 1. The number of nitrogens with one attached hydrogen (secondary N) is 2. The molecule has 2 amide bonds. The Balaban J connectivity index is 1.16. The Morgan fingerprint density at radius 1 is 1.21 bits per heavy atom. The van der Waals surface area contributed by atoms with Crippen LogP contribution >= 0.6 is 0 Å². The molecule has 10 nitrogen and oxygen atoms in total. The van der Waals surface area contributed by atoms with Gasteiger partial charge in [-0.1, -0.05) is 0 Å². The number of ether oxygens (including phenoxy) is 3. The molecule has 178 valence electrons. The van der Waals surface area contributed by atoms with Crippen molar-refractivity contribution < 1.29 is 37.7 Å². The molecule has 12 heteroatoms. The number of hydrogen-bond acceptors (Lipinski definition) is 8. The third kappa shape index (κ3) is 4.12. The highest BCUT2D eigenvalue weighted by molar-refractivity contribution is 5.93. The van der Waals surface area contributed by atoms with Crippen LogP contribution in [-0.4, -0.2) is 51.4 Å². The molecule has 1 aromatic carbocycles. The van der Waals surface area contributed by atoms with Crippen molar-refractivity contribution in [3.63, 3.8) is 0 Å². The number of carbonyl (C=O) groups excluding carboxylic acids is 2. The largest absolute Gasteiger partial charge is 0.586 e. The van der Waals surface area contributed by atoms with E-state index < -0.39 is 29.8 Å². The van der Waals surface area contributed by atoms with E-state index in [2.05, 4.69) is 30.1 Å². The molecule has 1 aliphatic heterocycles. The number of amides is 2. The summed E-state index contributed by atoms with van der Waals surface area (Å²) < 4.78 is 40.3. The van der Waals surface area contributed by atoms with E-state index in [4.69, 9.17) is 4.74 Å². The van der Waals surface area contributed by atoms with Gasteiger partial charge in [-0.3, -0.25) is 14.6 Å². The van der Waals surface area contributed by atoms with Crippen LogP contribution < -0.4 is 24.8 Å².